The lowest BCUT2D eigenvalue weighted by Gasteiger charge is -2.32. The van der Waals surface area contributed by atoms with Gasteiger partial charge in [-0.15, -0.1) is 12.4 Å². The van der Waals surface area contributed by atoms with Crippen LogP contribution in [0.2, 0.25) is 0 Å². The number of hydrogen-bond acceptors (Lipinski definition) is 3. The number of carbonyl (C=O) groups excluding carboxylic acids is 1. The first-order valence-corrected chi connectivity index (χ1v) is 9.26. The van der Waals surface area contributed by atoms with Crippen LogP contribution in [-0.2, 0) is 11.2 Å². The summed E-state index contributed by atoms with van der Waals surface area (Å²) in [4.78, 5) is 16.9. The summed E-state index contributed by atoms with van der Waals surface area (Å²) >= 11 is 0. The van der Waals surface area contributed by atoms with Gasteiger partial charge in [-0.1, -0.05) is 30.3 Å². The van der Waals surface area contributed by atoms with E-state index in [1.165, 1.54) is 0 Å². The van der Waals surface area contributed by atoms with Crippen molar-refractivity contribution in [2.24, 2.45) is 0 Å². The van der Waals surface area contributed by atoms with E-state index < -0.39 is 0 Å². The minimum Gasteiger partial charge on any atom is -0.312 e. The van der Waals surface area contributed by atoms with Crippen LogP contribution in [0.5, 0.6) is 0 Å². The lowest BCUT2D eigenvalue weighted by atomic mass is 10.0. The zero-order valence-corrected chi connectivity index (χ0v) is 16.3. The second-order valence-electron chi connectivity index (χ2n) is 7.21. The summed E-state index contributed by atoms with van der Waals surface area (Å²) < 4.78 is 14.6. The predicted molar refractivity (Wildman–Crippen MR) is 109 cm³/mol. The van der Waals surface area contributed by atoms with Gasteiger partial charge in [0.15, 0.2) is 0 Å². The van der Waals surface area contributed by atoms with Crippen molar-refractivity contribution < 1.29 is 9.18 Å². The Morgan fingerprint density at radius 3 is 2.74 bits per heavy atom. The van der Waals surface area contributed by atoms with E-state index in [9.17, 15) is 9.18 Å². The molecule has 6 heteroatoms. The third kappa shape index (κ3) is 4.15. The maximum absolute atomic E-state index is 14.6. The Kier molecular flexibility index (Phi) is 6.15. The number of benzene rings is 2. The molecule has 4 rings (SSSR count). The molecule has 2 aromatic rings. The molecule has 27 heavy (non-hydrogen) atoms. The molecule has 1 N–H and O–H groups in total. The van der Waals surface area contributed by atoms with E-state index in [1.807, 2.05) is 41.3 Å². The number of rotatable bonds is 3. The second kappa shape index (κ2) is 8.38. The Hall–Kier alpha value is -1.95. The van der Waals surface area contributed by atoms with Crippen LogP contribution < -0.4 is 10.2 Å². The minimum absolute atomic E-state index is 0. The zero-order chi connectivity index (χ0) is 18.1. The Morgan fingerprint density at radius 1 is 1.22 bits per heavy atom. The third-order valence-corrected chi connectivity index (χ3v) is 5.26. The molecule has 4 nitrogen and oxygen atoms in total. The number of fused-ring (bicyclic) bond motifs is 1. The molecule has 0 aromatic heterocycles. The minimum atomic E-state index is -0.222. The standard InChI is InChI=1S/C21H24FN3O.ClH/c1-15-13-24(10-8-23-15)14-21(26)25-9-7-17-11-19(22)18(12-20(17)25)16-5-3-2-4-6-16;/h2-6,11-12,15,23H,7-10,13-14H2,1H3;1H. The van der Waals surface area contributed by atoms with Gasteiger partial charge < -0.3 is 10.2 Å². The highest BCUT2D eigenvalue weighted by Crippen LogP contribution is 2.35. The van der Waals surface area contributed by atoms with Crippen LogP contribution in [0.3, 0.4) is 0 Å². The Balaban J connectivity index is 0.00000210. The molecule has 0 bridgehead atoms. The van der Waals surface area contributed by atoms with Gasteiger partial charge in [-0.2, -0.15) is 0 Å². The molecular formula is C21H25ClFN3O. The van der Waals surface area contributed by atoms with Crippen molar-refractivity contribution in [3.05, 3.63) is 53.8 Å². The summed E-state index contributed by atoms with van der Waals surface area (Å²) in [6.45, 7) is 5.86. The lowest BCUT2D eigenvalue weighted by molar-refractivity contribution is -0.119. The van der Waals surface area contributed by atoms with Gasteiger partial charge in [0.2, 0.25) is 5.91 Å². The van der Waals surface area contributed by atoms with Gasteiger partial charge in [-0.05, 0) is 36.6 Å². The van der Waals surface area contributed by atoms with Crippen LogP contribution in [-0.4, -0.2) is 49.6 Å². The number of amides is 1. The molecular weight excluding hydrogens is 365 g/mol. The molecule has 0 saturated carbocycles. The third-order valence-electron chi connectivity index (χ3n) is 5.26. The first-order chi connectivity index (χ1) is 12.6. The summed E-state index contributed by atoms with van der Waals surface area (Å²) in [6.07, 6.45) is 0.713. The Labute approximate surface area is 165 Å². The molecule has 0 spiro atoms. The first-order valence-electron chi connectivity index (χ1n) is 9.26. The molecule has 1 fully saturated rings. The fourth-order valence-corrected chi connectivity index (χ4v) is 3.94. The summed E-state index contributed by atoms with van der Waals surface area (Å²) in [5.74, 6) is -0.122. The number of anilines is 1. The molecule has 1 saturated heterocycles. The topological polar surface area (TPSA) is 35.6 Å². The molecule has 144 valence electrons. The van der Waals surface area contributed by atoms with Crippen molar-refractivity contribution >= 4 is 24.0 Å². The molecule has 1 amide bonds. The van der Waals surface area contributed by atoms with Crippen LogP contribution >= 0.6 is 12.4 Å². The zero-order valence-electron chi connectivity index (χ0n) is 15.5. The van der Waals surface area contributed by atoms with E-state index in [0.717, 1.165) is 36.4 Å². The largest absolute Gasteiger partial charge is 0.312 e. The Bertz CT molecular complexity index is 815. The smallest absolute Gasteiger partial charge is 0.241 e. The molecule has 1 unspecified atom stereocenters. The van der Waals surface area contributed by atoms with Crippen LogP contribution in [0, 0.1) is 5.82 Å². The van der Waals surface area contributed by atoms with Crippen LogP contribution in [0.25, 0.3) is 11.1 Å². The monoisotopic (exact) mass is 389 g/mol. The van der Waals surface area contributed by atoms with Crippen LogP contribution in [0.15, 0.2) is 42.5 Å². The number of nitrogens with one attached hydrogen (secondary N) is 1. The lowest BCUT2D eigenvalue weighted by Crippen LogP contribution is -2.52. The van der Waals surface area contributed by atoms with Crippen LogP contribution in [0.4, 0.5) is 10.1 Å². The number of hydrogen-bond donors (Lipinski definition) is 1. The highest BCUT2D eigenvalue weighted by molar-refractivity contribution is 5.97. The van der Waals surface area contributed by atoms with Crippen LogP contribution in [0.1, 0.15) is 12.5 Å². The van der Waals surface area contributed by atoms with Gasteiger partial charge >= 0.3 is 0 Å². The molecule has 2 aliphatic rings. The normalized spacial score (nSPS) is 19.5. The molecule has 0 radical (unpaired) electrons. The van der Waals surface area contributed by atoms with Crippen molar-refractivity contribution in [1.29, 1.82) is 0 Å². The number of halogens is 2. The highest BCUT2D eigenvalue weighted by Gasteiger charge is 2.28. The maximum Gasteiger partial charge on any atom is 0.241 e. The summed E-state index contributed by atoms with van der Waals surface area (Å²) in [6, 6.07) is 13.3. The van der Waals surface area contributed by atoms with Gasteiger partial charge in [-0.25, -0.2) is 4.39 Å². The van der Waals surface area contributed by atoms with Crippen molar-refractivity contribution in [2.75, 3.05) is 37.6 Å². The van der Waals surface area contributed by atoms with E-state index >= 15 is 0 Å². The number of carbonyl (C=O) groups is 1. The molecule has 2 heterocycles. The summed E-state index contributed by atoms with van der Waals surface area (Å²) in [5, 5.41) is 3.39. The SMILES string of the molecule is CC1CN(CC(=O)N2CCc3cc(F)c(-c4ccccc4)cc32)CCN1.Cl. The average molecular weight is 390 g/mol. The van der Waals surface area contributed by atoms with Gasteiger partial charge in [0.25, 0.3) is 0 Å². The Morgan fingerprint density at radius 2 is 2.00 bits per heavy atom. The summed E-state index contributed by atoms with van der Waals surface area (Å²) in [5.41, 5.74) is 3.17. The van der Waals surface area contributed by atoms with E-state index in [1.54, 1.807) is 6.07 Å². The van der Waals surface area contributed by atoms with Crippen molar-refractivity contribution in [3.63, 3.8) is 0 Å². The number of piperazine rings is 1. The van der Waals surface area contributed by atoms with Gasteiger partial charge in [-0.3, -0.25) is 9.69 Å². The van der Waals surface area contributed by atoms with Crippen molar-refractivity contribution in [3.8, 4) is 11.1 Å². The van der Waals surface area contributed by atoms with E-state index in [-0.39, 0.29) is 24.1 Å². The van der Waals surface area contributed by atoms with E-state index in [2.05, 4.69) is 17.1 Å². The average Bonchev–Trinajstić information content (AvgIpc) is 3.04. The fraction of sp³-hybridized carbons (Fsp3) is 0.381. The highest BCUT2D eigenvalue weighted by atomic mass is 35.5. The predicted octanol–water partition coefficient (Wildman–Crippen LogP) is 3.10. The van der Waals surface area contributed by atoms with Gasteiger partial charge in [0.05, 0.1) is 6.54 Å². The molecule has 0 aliphatic carbocycles. The second-order valence-corrected chi connectivity index (χ2v) is 7.21. The van der Waals surface area contributed by atoms with E-state index in [4.69, 9.17) is 0 Å². The number of nitrogens with zero attached hydrogens (tertiary/aromatic N) is 2. The maximum atomic E-state index is 14.6. The summed E-state index contributed by atoms with van der Waals surface area (Å²) in [7, 11) is 0. The fourth-order valence-electron chi connectivity index (χ4n) is 3.94. The molecule has 2 aromatic carbocycles. The quantitative estimate of drug-likeness (QED) is 0.876. The molecule has 1 atom stereocenters. The van der Waals surface area contributed by atoms with Crippen molar-refractivity contribution in [1.82, 2.24) is 10.2 Å². The van der Waals surface area contributed by atoms with Gasteiger partial charge in [0, 0.05) is 43.5 Å². The molecule has 2 aliphatic heterocycles. The van der Waals surface area contributed by atoms with Crippen molar-refractivity contribution in [2.45, 2.75) is 19.4 Å². The van der Waals surface area contributed by atoms with Gasteiger partial charge in [0.1, 0.15) is 5.82 Å². The van der Waals surface area contributed by atoms with E-state index in [0.29, 0.717) is 31.1 Å². The first kappa shape index (κ1) is 19.8.